The Hall–Kier alpha value is -2.40. The van der Waals surface area contributed by atoms with Gasteiger partial charge in [0.25, 0.3) is 5.91 Å². The molecule has 4 nitrogen and oxygen atoms in total. The molecular weight excluding hydrogens is 283 g/mol. The molecule has 0 aliphatic carbocycles. The largest absolute Gasteiger partial charge is 0.507 e. The van der Waals surface area contributed by atoms with Crippen molar-refractivity contribution >= 4 is 23.7 Å². The summed E-state index contributed by atoms with van der Waals surface area (Å²) in [6.07, 6.45) is 1.18. The molecule has 0 unspecified atom stereocenters. The van der Waals surface area contributed by atoms with Gasteiger partial charge in [-0.2, -0.15) is 5.10 Å². The van der Waals surface area contributed by atoms with Crippen molar-refractivity contribution < 1.29 is 14.3 Å². The number of benzene rings is 2. The first-order chi connectivity index (χ1) is 9.58. The summed E-state index contributed by atoms with van der Waals surface area (Å²) in [6, 6.07) is 10.1. The summed E-state index contributed by atoms with van der Waals surface area (Å²) in [5.74, 6) is -1.32. The maximum atomic E-state index is 13.3. The van der Waals surface area contributed by atoms with Crippen LogP contribution in [0.25, 0.3) is 0 Å². The molecule has 0 aliphatic heterocycles. The highest BCUT2D eigenvalue weighted by Gasteiger charge is 2.10. The highest BCUT2D eigenvalue weighted by atomic mass is 35.5. The molecule has 2 aromatic rings. The molecule has 2 aromatic carbocycles. The Morgan fingerprint density at radius 1 is 1.30 bits per heavy atom. The molecule has 0 fully saturated rings. The Labute approximate surface area is 119 Å². The predicted octanol–water partition coefficient (Wildman–Crippen LogP) is 2.95. The van der Waals surface area contributed by atoms with Gasteiger partial charge in [-0.05, 0) is 24.3 Å². The van der Waals surface area contributed by atoms with E-state index in [1.54, 1.807) is 12.1 Å². The molecule has 1 amide bonds. The van der Waals surface area contributed by atoms with Crippen molar-refractivity contribution in [3.63, 3.8) is 0 Å². The Morgan fingerprint density at radius 2 is 2.05 bits per heavy atom. The zero-order valence-corrected chi connectivity index (χ0v) is 10.9. The molecule has 0 spiro atoms. The lowest BCUT2D eigenvalue weighted by atomic mass is 10.2. The maximum Gasteiger partial charge on any atom is 0.275 e. The van der Waals surface area contributed by atoms with Crippen LogP contribution in [0.15, 0.2) is 47.6 Å². The van der Waals surface area contributed by atoms with E-state index in [0.717, 1.165) is 0 Å². The number of hydrazone groups is 1. The van der Waals surface area contributed by atoms with E-state index < -0.39 is 11.7 Å². The van der Waals surface area contributed by atoms with Crippen molar-refractivity contribution in [1.29, 1.82) is 0 Å². The van der Waals surface area contributed by atoms with Crippen molar-refractivity contribution in [2.24, 2.45) is 5.10 Å². The van der Waals surface area contributed by atoms with Crippen LogP contribution in [-0.4, -0.2) is 17.2 Å². The van der Waals surface area contributed by atoms with Gasteiger partial charge in [-0.15, -0.1) is 0 Å². The minimum absolute atomic E-state index is 0.0279. The zero-order chi connectivity index (χ0) is 14.5. The Kier molecular flexibility index (Phi) is 4.32. The fourth-order valence-corrected chi connectivity index (χ4v) is 1.66. The number of halogens is 2. The topological polar surface area (TPSA) is 61.7 Å². The zero-order valence-electron chi connectivity index (χ0n) is 10.2. The van der Waals surface area contributed by atoms with Crippen molar-refractivity contribution in [2.45, 2.75) is 0 Å². The van der Waals surface area contributed by atoms with Crippen LogP contribution in [-0.2, 0) is 0 Å². The Balaban J connectivity index is 2.07. The van der Waals surface area contributed by atoms with Gasteiger partial charge in [-0.25, -0.2) is 9.82 Å². The highest BCUT2D eigenvalue weighted by molar-refractivity contribution is 6.30. The molecule has 0 radical (unpaired) electrons. The molecule has 2 rings (SSSR count). The summed E-state index contributed by atoms with van der Waals surface area (Å²) < 4.78 is 13.3. The van der Waals surface area contributed by atoms with E-state index in [-0.39, 0.29) is 16.9 Å². The van der Waals surface area contributed by atoms with Crippen molar-refractivity contribution in [1.82, 2.24) is 5.43 Å². The van der Waals surface area contributed by atoms with Crippen molar-refractivity contribution in [2.75, 3.05) is 0 Å². The summed E-state index contributed by atoms with van der Waals surface area (Å²) in [5, 5.41) is 13.5. The predicted molar refractivity (Wildman–Crippen MR) is 74.6 cm³/mol. The second kappa shape index (κ2) is 6.16. The normalized spacial score (nSPS) is 10.7. The lowest BCUT2D eigenvalue weighted by molar-refractivity contribution is 0.0952. The standard InChI is InChI=1S/C14H10ClFN2O2/c15-10-5-6-11(13(19)7-10)14(20)18-17-8-9-3-1-2-4-12(9)16/h1-8,19H,(H,18,20)/b17-8+. The van der Waals surface area contributed by atoms with E-state index in [1.165, 1.54) is 36.5 Å². The number of hydrogen-bond acceptors (Lipinski definition) is 3. The van der Waals surface area contributed by atoms with Gasteiger partial charge in [-0.3, -0.25) is 4.79 Å². The molecule has 0 saturated heterocycles. The van der Waals surface area contributed by atoms with Gasteiger partial charge in [0.15, 0.2) is 0 Å². The number of hydrogen-bond donors (Lipinski definition) is 2. The second-order valence-electron chi connectivity index (χ2n) is 3.88. The molecule has 0 atom stereocenters. The molecule has 2 N–H and O–H groups in total. The summed E-state index contributed by atoms with van der Waals surface area (Å²) in [7, 11) is 0. The van der Waals surface area contributed by atoms with Crippen LogP contribution < -0.4 is 5.43 Å². The third-order valence-electron chi connectivity index (χ3n) is 2.48. The third kappa shape index (κ3) is 3.33. The number of nitrogens with one attached hydrogen (secondary N) is 1. The third-order valence-corrected chi connectivity index (χ3v) is 2.71. The van der Waals surface area contributed by atoms with Crippen LogP contribution in [0, 0.1) is 5.82 Å². The number of phenolic OH excluding ortho intramolecular Hbond substituents is 1. The average Bonchev–Trinajstić information content (AvgIpc) is 2.40. The molecule has 6 heteroatoms. The van der Waals surface area contributed by atoms with Gasteiger partial charge in [0.2, 0.25) is 0 Å². The van der Waals surface area contributed by atoms with E-state index in [2.05, 4.69) is 10.5 Å². The number of rotatable bonds is 3. The first-order valence-corrected chi connectivity index (χ1v) is 6.02. The average molecular weight is 293 g/mol. The Morgan fingerprint density at radius 3 is 2.75 bits per heavy atom. The molecule has 0 aromatic heterocycles. The van der Waals surface area contributed by atoms with Gasteiger partial charge in [0.05, 0.1) is 11.8 Å². The number of aromatic hydroxyl groups is 1. The number of carbonyl (C=O) groups excluding carboxylic acids is 1. The minimum atomic E-state index is -0.619. The first kappa shape index (κ1) is 14.0. The number of phenols is 1. The number of amides is 1. The Bertz CT molecular complexity index is 674. The van der Waals surface area contributed by atoms with E-state index in [4.69, 9.17) is 11.6 Å². The van der Waals surface area contributed by atoms with Gasteiger partial charge in [0, 0.05) is 10.6 Å². The molecule has 20 heavy (non-hydrogen) atoms. The quantitative estimate of drug-likeness (QED) is 0.675. The fourth-order valence-electron chi connectivity index (χ4n) is 1.50. The van der Waals surface area contributed by atoms with E-state index in [9.17, 15) is 14.3 Å². The monoisotopic (exact) mass is 292 g/mol. The highest BCUT2D eigenvalue weighted by Crippen LogP contribution is 2.21. The molecule has 102 valence electrons. The van der Waals surface area contributed by atoms with E-state index in [0.29, 0.717) is 5.02 Å². The van der Waals surface area contributed by atoms with Crippen LogP contribution in [0.1, 0.15) is 15.9 Å². The van der Waals surface area contributed by atoms with Gasteiger partial charge in [0.1, 0.15) is 11.6 Å². The summed E-state index contributed by atoms with van der Waals surface area (Å²) >= 11 is 5.66. The van der Waals surface area contributed by atoms with Crippen LogP contribution >= 0.6 is 11.6 Å². The molecule has 0 aliphatic rings. The first-order valence-electron chi connectivity index (χ1n) is 5.64. The number of carbonyl (C=O) groups is 1. The summed E-state index contributed by atoms with van der Waals surface area (Å²) in [4.78, 5) is 11.7. The minimum Gasteiger partial charge on any atom is -0.507 e. The van der Waals surface area contributed by atoms with Crippen LogP contribution in [0.3, 0.4) is 0 Å². The SMILES string of the molecule is O=C(N/N=C/c1ccccc1F)c1ccc(Cl)cc1O. The molecule has 0 bridgehead atoms. The van der Waals surface area contributed by atoms with Gasteiger partial charge in [-0.1, -0.05) is 29.8 Å². The molecule has 0 heterocycles. The lowest BCUT2D eigenvalue weighted by Crippen LogP contribution is -2.17. The van der Waals surface area contributed by atoms with E-state index in [1.807, 2.05) is 0 Å². The van der Waals surface area contributed by atoms with Crippen LogP contribution in [0.5, 0.6) is 5.75 Å². The number of nitrogens with zero attached hydrogens (tertiary/aromatic N) is 1. The van der Waals surface area contributed by atoms with Crippen molar-refractivity contribution in [3.8, 4) is 5.75 Å². The van der Waals surface area contributed by atoms with Crippen molar-refractivity contribution in [3.05, 3.63) is 64.4 Å². The smallest absolute Gasteiger partial charge is 0.275 e. The fraction of sp³-hybridized carbons (Fsp3) is 0. The summed E-state index contributed by atoms with van der Waals surface area (Å²) in [5.41, 5.74) is 2.47. The van der Waals surface area contributed by atoms with Crippen LogP contribution in [0.2, 0.25) is 5.02 Å². The summed E-state index contributed by atoms with van der Waals surface area (Å²) in [6.45, 7) is 0. The molecular formula is C14H10ClFN2O2. The van der Waals surface area contributed by atoms with Crippen LogP contribution in [0.4, 0.5) is 4.39 Å². The van der Waals surface area contributed by atoms with Gasteiger partial charge >= 0.3 is 0 Å². The lowest BCUT2D eigenvalue weighted by Gasteiger charge is -2.03. The maximum absolute atomic E-state index is 13.3. The molecule has 0 saturated carbocycles. The second-order valence-corrected chi connectivity index (χ2v) is 4.32. The van der Waals surface area contributed by atoms with Gasteiger partial charge < -0.3 is 5.11 Å². The van der Waals surface area contributed by atoms with E-state index >= 15 is 0 Å².